The van der Waals surface area contributed by atoms with Gasteiger partial charge in [0.25, 0.3) is 0 Å². The summed E-state index contributed by atoms with van der Waals surface area (Å²) in [4.78, 5) is 24.8. The van der Waals surface area contributed by atoms with Crippen LogP contribution in [0.2, 0.25) is 0 Å². The molecule has 1 saturated heterocycles. The van der Waals surface area contributed by atoms with E-state index in [2.05, 4.69) is 15.5 Å². The Kier molecular flexibility index (Phi) is 6.27. The van der Waals surface area contributed by atoms with E-state index in [1.807, 2.05) is 20.8 Å². The number of rotatable bonds is 5. The van der Waals surface area contributed by atoms with Gasteiger partial charge in [0.15, 0.2) is 0 Å². The van der Waals surface area contributed by atoms with Gasteiger partial charge in [-0.15, -0.1) is 0 Å². The minimum Gasteiger partial charge on any atom is -0.444 e. The average Bonchev–Trinajstić information content (AvgIpc) is 2.86. The van der Waals surface area contributed by atoms with Crippen molar-refractivity contribution in [3.05, 3.63) is 0 Å². The standard InChI is InChI=1S/C17H31N3O3/c1-17(2,3)23-16(22)19-15-5-4-13(10-15)11-20-8-6-14(7-9-20)18-12-21/h12-15H,4-11H2,1-3H3,(H,18,21)(H,19,22). The first kappa shape index (κ1) is 18.0. The molecule has 0 spiro atoms. The molecule has 2 amide bonds. The summed E-state index contributed by atoms with van der Waals surface area (Å²) in [5.41, 5.74) is -0.442. The fraction of sp³-hybridized carbons (Fsp3) is 0.882. The summed E-state index contributed by atoms with van der Waals surface area (Å²) in [7, 11) is 0. The SMILES string of the molecule is CC(C)(C)OC(=O)NC1CCC(CN2CCC(NC=O)CC2)C1. The summed E-state index contributed by atoms with van der Waals surface area (Å²) >= 11 is 0. The lowest BCUT2D eigenvalue weighted by molar-refractivity contribution is -0.110. The zero-order chi connectivity index (χ0) is 16.9. The molecule has 2 N–H and O–H groups in total. The fourth-order valence-electron chi connectivity index (χ4n) is 3.59. The maximum atomic E-state index is 11.8. The van der Waals surface area contributed by atoms with Gasteiger partial charge in [-0.1, -0.05) is 0 Å². The van der Waals surface area contributed by atoms with Crippen LogP contribution < -0.4 is 10.6 Å². The summed E-state index contributed by atoms with van der Waals surface area (Å²) < 4.78 is 5.32. The number of carbonyl (C=O) groups excluding carboxylic acids is 2. The Morgan fingerprint density at radius 3 is 2.48 bits per heavy atom. The molecule has 2 fully saturated rings. The lowest BCUT2D eigenvalue weighted by atomic mass is 10.0. The Morgan fingerprint density at radius 1 is 1.17 bits per heavy atom. The predicted molar refractivity (Wildman–Crippen MR) is 89.2 cm³/mol. The molecule has 2 unspecified atom stereocenters. The summed E-state index contributed by atoms with van der Waals surface area (Å²) in [5.74, 6) is 0.644. The van der Waals surface area contributed by atoms with Crippen LogP contribution in [0, 0.1) is 5.92 Å². The minimum atomic E-state index is -0.442. The molecule has 6 nitrogen and oxygen atoms in total. The number of nitrogens with zero attached hydrogens (tertiary/aromatic N) is 1. The molecule has 1 heterocycles. The quantitative estimate of drug-likeness (QED) is 0.757. The van der Waals surface area contributed by atoms with Crippen LogP contribution in [-0.4, -0.2) is 54.7 Å². The Bertz CT molecular complexity index is 400. The van der Waals surface area contributed by atoms with Gasteiger partial charge in [-0.3, -0.25) is 4.79 Å². The molecule has 2 rings (SSSR count). The Labute approximate surface area is 139 Å². The van der Waals surface area contributed by atoms with Crippen molar-refractivity contribution in [3.63, 3.8) is 0 Å². The molecule has 132 valence electrons. The average molecular weight is 325 g/mol. The van der Waals surface area contributed by atoms with Gasteiger partial charge >= 0.3 is 6.09 Å². The maximum absolute atomic E-state index is 11.8. The molecule has 0 aromatic rings. The van der Waals surface area contributed by atoms with E-state index in [1.54, 1.807) is 0 Å². The van der Waals surface area contributed by atoms with E-state index in [0.717, 1.165) is 58.1 Å². The highest BCUT2D eigenvalue weighted by atomic mass is 16.6. The number of hydrogen-bond donors (Lipinski definition) is 2. The van der Waals surface area contributed by atoms with Gasteiger partial charge in [0.05, 0.1) is 0 Å². The van der Waals surface area contributed by atoms with Gasteiger partial charge < -0.3 is 20.3 Å². The number of likely N-dealkylation sites (tertiary alicyclic amines) is 1. The van der Waals surface area contributed by atoms with Crippen LogP contribution >= 0.6 is 0 Å². The molecule has 2 atom stereocenters. The largest absolute Gasteiger partial charge is 0.444 e. The van der Waals surface area contributed by atoms with Gasteiger partial charge in [0, 0.05) is 31.7 Å². The van der Waals surface area contributed by atoms with E-state index in [9.17, 15) is 9.59 Å². The van der Waals surface area contributed by atoms with Crippen molar-refractivity contribution >= 4 is 12.5 Å². The van der Waals surface area contributed by atoms with Crippen LogP contribution in [0.3, 0.4) is 0 Å². The third-order valence-corrected chi connectivity index (χ3v) is 4.67. The number of nitrogens with one attached hydrogen (secondary N) is 2. The van der Waals surface area contributed by atoms with Crippen molar-refractivity contribution in [2.24, 2.45) is 5.92 Å². The topological polar surface area (TPSA) is 70.7 Å². The van der Waals surface area contributed by atoms with Crippen LogP contribution in [0.4, 0.5) is 4.79 Å². The van der Waals surface area contributed by atoms with Crippen LogP contribution in [-0.2, 0) is 9.53 Å². The first-order valence-corrected chi connectivity index (χ1v) is 8.77. The van der Waals surface area contributed by atoms with Crippen LogP contribution in [0.1, 0.15) is 52.9 Å². The highest BCUT2D eigenvalue weighted by Gasteiger charge is 2.29. The molecule has 1 aliphatic heterocycles. The minimum absolute atomic E-state index is 0.240. The summed E-state index contributed by atoms with van der Waals surface area (Å²) in [6.07, 6.45) is 5.80. The molecule has 6 heteroatoms. The van der Waals surface area contributed by atoms with Crippen LogP contribution in [0.5, 0.6) is 0 Å². The van der Waals surface area contributed by atoms with Gasteiger partial charge in [-0.05, 0) is 58.8 Å². The van der Waals surface area contributed by atoms with E-state index in [1.165, 1.54) is 0 Å². The third kappa shape index (κ3) is 6.37. The zero-order valence-electron chi connectivity index (χ0n) is 14.6. The van der Waals surface area contributed by atoms with E-state index in [-0.39, 0.29) is 12.1 Å². The van der Waals surface area contributed by atoms with Crippen molar-refractivity contribution in [1.29, 1.82) is 0 Å². The Morgan fingerprint density at radius 2 is 1.87 bits per heavy atom. The predicted octanol–water partition coefficient (Wildman–Crippen LogP) is 1.89. The highest BCUT2D eigenvalue weighted by Crippen LogP contribution is 2.27. The Hall–Kier alpha value is -1.30. The molecule has 0 aromatic heterocycles. The molecule has 1 aliphatic carbocycles. The lowest BCUT2D eigenvalue weighted by Gasteiger charge is -2.33. The van der Waals surface area contributed by atoms with Crippen molar-refractivity contribution in [2.45, 2.75) is 70.6 Å². The van der Waals surface area contributed by atoms with Crippen molar-refractivity contribution in [1.82, 2.24) is 15.5 Å². The summed E-state index contributed by atoms with van der Waals surface area (Å²) in [5, 5.41) is 5.88. The molecule has 1 saturated carbocycles. The molecule has 0 radical (unpaired) electrons. The number of amides is 2. The van der Waals surface area contributed by atoms with Gasteiger partial charge in [-0.25, -0.2) is 4.79 Å². The second-order valence-corrected chi connectivity index (χ2v) is 7.88. The molecular weight excluding hydrogens is 294 g/mol. The fourth-order valence-corrected chi connectivity index (χ4v) is 3.59. The van der Waals surface area contributed by atoms with Crippen LogP contribution in [0.15, 0.2) is 0 Å². The lowest BCUT2D eigenvalue weighted by Crippen LogP contribution is -2.43. The first-order chi connectivity index (χ1) is 10.9. The Balaban J connectivity index is 1.66. The van der Waals surface area contributed by atoms with E-state index in [4.69, 9.17) is 4.74 Å². The van der Waals surface area contributed by atoms with Crippen molar-refractivity contribution < 1.29 is 14.3 Å². The second kappa shape index (κ2) is 7.99. The monoisotopic (exact) mass is 325 g/mol. The molecule has 23 heavy (non-hydrogen) atoms. The first-order valence-electron chi connectivity index (χ1n) is 8.77. The van der Waals surface area contributed by atoms with E-state index < -0.39 is 5.60 Å². The smallest absolute Gasteiger partial charge is 0.407 e. The number of hydrogen-bond acceptors (Lipinski definition) is 4. The van der Waals surface area contributed by atoms with Crippen molar-refractivity contribution in [3.8, 4) is 0 Å². The molecule has 2 aliphatic rings. The number of ether oxygens (including phenoxy) is 1. The van der Waals surface area contributed by atoms with Gasteiger partial charge in [0.1, 0.15) is 5.60 Å². The molecule has 0 aromatic carbocycles. The van der Waals surface area contributed by atoms with Gasteiger partial charge in [-0.2, -0.15) is 0 Å². The highest BCUT2D eigenvalue weighted by molar-refractivity contribution is 5.68. The van der Waals surface area contributed by atoms with Gasteiger partial charge in [0.2, 0.25) is 6.41 Å². The molecule has 0 bridgehead atoms. The maximum Gasteiger partial charge on any atom is 0.407 e. The molecular formula is C17H31N3O3. The zero-order valence-corrected chi connectivity index (χ0v) is 14.6. The summed E-state index contributed by atoms with van der Waals surface area (Å²) in [6, 6.07) is 0.582. The van der Waals surface area contributed by atoms with E-state index >= 15 is 0 Å². The normalized spacial score (nSPS) is 26.7. The second-order valence-electron chi connectivity index (χ2n) is 7.88. The third-order valence-electron chi connectivity index (χ3n) is 4.67. The van der Waals surface area contributed by atoms with Crippen molar-refractivity contribution in [2.75, 3.05) is 19.6 Å². The van der Waals surface area contributed by atoms with Crippen LogP contribution in [0.25, 0.3) is 0 Å². The number of carbonyl (C=O) groups is 2. The summed E-state index contributed by atoms with van der Waals surface area (Å²) in [6.45, 7) is 8.84. The number of piperidine rings is 1. The van der Waals surface area contributed by atoms with E-state index in [0.29, 0.717) is 12.0 Å². The number of alkyl carbamates (subject to hydrolysis) is 1.